The first-order chi connectivity index (χ1) is 13.1. The second-order valence-electron chi connectivity index (χ2n) is 6.68. The van der Waals surface area contributed by atoms with Gasteiger partial charge < -0.3 is 10.2 Å². The maximum absolute atomic E-state index is 13.6. The van der Waals surface area contributed by atoms with Gasteiger partial charge in [0, 0.05) is 51.0 Å². The molecule has 1 N–H and O–H groups in total. The number of piperazine rings is 1. The molecule has 0 bridgehead atoms. The van der Waals surface area contributed by atoms with Gasteiger partial charge in [-0.15, -0.1) is 0 Å². The second-order valence-corrected chi connectivity index (χ2v) is 6.68. The molecule has 2 heterocycles. The van der Waals surface area contributed by atoms with Crippen LogP contribution in [0.3, 0.4) is 0 Å². The Morgan fingerprint density at radius 1 is 1.19 bits per heavy atom. The van der Waals surface area contributed by atoms with Crippen LogP contribution in [-0.4, -0.2) is 60.0 Å². The first-order valence-electron chi connectivity index (χ1n) is 9.41. The lowest BCUT2D eigenvalue weighted by Crippen LogP contribution is -2.48. The Balaban J connectivity index is 1.45. The molecule has 0 aliphatic carbocycles. The Morgan fingerprint density at radius 2 is 1.93 bits per heavy atom. The average molecular weight is 371 g/mol. The minimum atomic E-state index is -0.491. The largest absolute Gasteiger partial charge is 0.354 e. The lowest BCUT2D eigenvalue weighted by molar-refractivity contribution is 0.0943. The molecular weight excluding hydrogens is 345 g/mol. The van der Waals surface area contributed by atoms with Crippen LogP contribution in [0.4, 0.5) is 10.2 Å². The van der Waals surface area contributed by atoms with Gasteiger partial charge in [-0.3, -0.25) is 9.69 Å². The van der Waals surface area contributed by atoms with Crippen LogP contribution in [0.2, 0.25) is 0 Å². The first-order valence-corrected chi connectivity index (χ1v) is 9.41. The van der Waals surface area contributed by atoms with Crippen LogP contribution < -0.4 is 10.2 Å². The number of amides is 1. The highest BCUT2D eigenvalue weighted by Gasteiger charge is 2.19. The Bertz CT molecular complexity index is 790. The van der Waals surface area contributed by atoms with Gasteiger partial charge in [0.15, 0.2) is 0 Å². The molecule has 144 valence electrons. The molecule has 1 fully saturated rings. The fourth-order valence-corrected chi connectivity index (χ4v) is 3.22. The number of rotatable bonds is 6. The molecule has 1 saturated heterocycles. The highest BCUT2D eigenvalue weighted by atomic mass is 19.1. The zero-order valence-corrected chi connectivity index (χ0v) is 15.9. The van der Waals surface area contributed by atoms with Crippen LogP contribution in [0.1, 0.15) is 28.8 Å². The number of carbonyl (C=O) groups excluding carboxylic acids is 1. The molecular formula is C20H26FN5O. The molecule has 0 atom stereocenters. The van der Waals surface area contributed by atoms with E-state index in [0.29, 0.717) is 6.54 Å². The molecule has 6 nitrogen and oxygen atoms in total. The Kier molecular flexibility index (Phi) is 6.34. The molecule has 0 spiro atoms. The van der Waals surface area contributed by atoms with E-state index in [-0.39, 0.29) is 11.5 Å². The predicted octanol–water partition coefficient (Wildman–Crippen LogP) is 2.04. The van der Waals surface area contributed by atoms with Crippen LogP contribution >= 0.6 is 0 Å². The third kappa shape index (κ3) is 5.01. The molecule has 0 saturated carbocycles. The van der Waals surface area contributed by atoms with Crippen LogP contribution in [0.25, 0.3) is 0 Å². The molecule has 2 aromatic rings. The lowest BCUT2D eigenvalue weighted by atomic mass is 10.2. The Morgan fingerprint density at radius 3 is 2.63 bits per heavy atom. The van der Waals surface area contributed by atoms with Gasteiger partial charge in [-0.2, -0.15) is 0 Å². The van der Waals surface area contributed by atoms with Crippen LogP contribution in [0.5, 0.6) is 0 Å². The molecule has 3 rings (SSSR count). The summed E-state index contributed by atoms with van der Waals surface area (Å²) < 4.78 is 13.6. The summed E-state index contributed by atoms with van der Waals surface area (Å²) in [5, 5.41) is 2.80. The van der Waals surface area contributed by atoms with Gasteiger partial charge in [0.25, 0.3) is 5.91 Å². The van der Waals surface area contributed by atoms with Gasteiger partial charge in [-0.25, -0.2) is 14.4 Å². The van der Waals surface area contributed by atoms with Crippen molar-refractivity contribution in [2.24, 2.45) is 0 Å². The molecule has 27 heavy (non-hydrogen) atoms. The van der Waals surface area contributed by atoms with Gasteiger partial charge in [-0.05, 0) is 25.5 Å². The number of hydrogen-bond acceptors (Lipinski definition) is 5. The van der Waals surface area contributed by atoms with Gasteiger partial charge in [0.2, 0.25) is 0 Å². The molecule has 1 aromatic carbocycles. The van der Waals surface area contributed by atoms with Gasteiger partial charge in [0.05, 0.1) is 5.56 Å². The van der Waals surface area contributed by atoms with E-state index in [1.165, 1.54) is 12.1 Å². The maximum atomic E-state index is 13.6. The monoisotopic (exact) mass is 371 g/mol. The summed E-state index contributed by atoms with van der Waals surface area (Å²) in [6.07, 6.45) is 0.901. The minimum Gasteiger partial charge on any atom is -0.354 e. The van der Waals surface area contributed by atoms with Crippen LogP contribution in [0, 0.1) is 12.7 Å². The van der Waals surface area contributed by atoms with E-state index in [9.17, 15) is 9.18 Å². The molecule has 0 unspecified atom stereocenters. The number of aromatic nitrogens is 2. The predicted molar refractivity (Wildman–Crippen MR) is 104 cm³/mol. The number of hydrogen-bond donors (Lipinski definition) is 1. The zero-order valence-electron chi connectivity index (χ0n) is 15.9. The smallest absolute Gasteiger partial charge is 0.254 e. The molecule has 1 aliphatic heterocycles. The molecule has 1 amide bonds. The fourth-order valence-electron chi connectivity index (χ4n) is 3.22. The topological polar surface area (TPSA) is 61.4 Å². The number of anilines is 1. The van der Waals surface area contributed by atoms with E-state index in [2.05, 4.69) is 38.1 Å². The van der Waals surface area contributed by atoms with Crippen LogP contribution in [0.15, 0.2) is 30.3 Å². The summed E-state index contributed by atoms with van der Waals surface area (Å²) >= 11 is 0. The van der Waals surface area contributed by atoms with Crippen molar-refractivity contribution in [1.82, 2.24) is 20.2 Å². The van der Waals surface area contributed by atoms with Gasteiger partial charge >= 0.3 is 0 Å². The number of benzene rings is 1. The number of halogens is 1. The van der Waals surface area contributed by atoms with E-state index >= 15 is 0 Å². The minimum absolute atomic E-state index is 0.0909. The van der Waals surface area contributed by atoms with Crippen molar-refractivity contribution in [3.05, 3.63) is 53.2 Å². The van der Waals surface area contributed by atoms with E-state index in [4.69, 9.17) is 0 Å². The van der Waals surface area contributed by atoms with Crippen molar-refractivity contribution in [3.8, 4) is 0 Å². The van der Waals surface area contributed by atoms with Crippen molar-refractivity contribution in [2.45, 2.75) is 20.3 Å². The van der Waals surface area contributed by atoms with E-state index in [1.807, 2.05) is 6.92 Å². The van der Waals surface area contributed by atoms with Crippen molar-refractivity contribution < 1.29 is 9.18 Å². The SMILES string of the molecule is CCc1cc(N2CCN(CCNC(=O)c3ccccc3F)CC2)nc(C)n1. The zero-order chi connectivity index (χ0) is 19.2. The second kappa shape index (κ2) is 8.90. The molecule has 1 aliphatic rings. The number of nitrogens with zero attached hydrogens (tertiary/aromatic N) is 4. The van der Waals surface area contributed by atoms with Gasteiger partial charge in [-0.1, -0.05) is 19.1 Å². The average Bonchev–Trinajstić information content (AvgIpc) is 2.68. The van der Waals surface area contributed by atoms with Crippen molar-refractivity contribution in [3.63, 3.8) is 0 Å². The number of carbonyl (C=O) groups is 1. The van der Waals surface area contributed by atoms with Gasteiger partial charge in [0.1, 0.15) is 17.5 Å². The quantitative estimate of drug-likeness (QED) is 0.842. The summed E-state index contributed by atoms with van der Waals surface area (Å²) in [6, 6.07) is 8.10. The van der Waals surface area contributed by atoms with E-state index < -0.39 is 5.82 Å². The summed E-state index contributed by atoms with van der Waals surface area (Å²) in [5.41, 5.74) is 1.16. The normalized spacial score (nSPS) is 15.0. The highest BCUT2D eigenvalue weighted by Crippen LogP contribution is 2.15. The number of nitrogens with one attached hydrogen (secondary N) is 1. The van der Waals surface area contributed by atoms with Crippen LogP contribution in [-0.2, 0) is 6.42 Å². The summed E-state index contributed by atoms with van der Waals surface area (Å²) in [5.74, 6) is 0.944. The summed E-state index contributed by atoms with van der Waals surface area (Å²) in [4.78, 5) is 25.6. The van der Waals surface area contributed by atoms with Crippen molar-refractivity contribution in [1.29, 1.82) is 0 Å². The Labute approximate surface area is 159 Å². The summed E-state index contributed by atoms with van der Waals surface area (Å²) in [7, 11) is 0. The molecule has 1 aromatic heterocycles. The third-order valence-electron chi connectivity index (χ3n) is 4.77. The molecule has 0 radical (unpaired) electrons. The first kappa shape index (κ1) is 19.2. The Hall–Kier alpha value is -2.54. The maximum Gasteiger partial charge on any atom is 0.254 e. The highest BCUT2D eigenvalue weighted by molar-refractivity contribution is 5.94. The summed E-state index contributed by atoms with van der Waals surface area (Å²) in [6.45, 7) is 8.86. The lowest BCUT2D eigenvalue weighted by Gasteiger charge is -2.35. The van der Waals surface area contributed by atoms with E-state index in [0.717, 1.165) is 56.5 Å². The number of aryl methyl sites for hydroxylation is 2. The van der Waals surface area contributed by atoms with E-state index in [1.54, 1.807) is 12.1 Å². The van der Waals surface area contributed by atoms with Crippen molar-refractivity contribution >= 4 is 11.7 Å². The standard InChI is InChI=1S/C20H26FN5O/c1-3-16-14-19(24-15(2)23-16)26-12-10-25(11-13-26)9-8-22-20(27)17-6-4-5-7-18(17)21/h4-7,14H,3,8-13H2,1-2H3,(H,22,27). The third-order valence-corrected chi connectivity index (χ3v) is 4.77. The fraction of sp³-hybridized carbons (Fsp3) is 0.450. The van der Waals surface area contributed by atoms with Crippen molar-refractivity contribution in [2.75, 3.05) is 44.2 Å². The molecule has 7 heteroatoms.